The van der Waals surface area contributed by atoms with E-state index in [0.717, 1.165) is 96.3 Å². The van der Waals surface area contributed by atoms with Crippen molar-refractivity contribution in [3.8, 4) is 0 Å². The summed E-state index contributed by atoms with van der Waals surface area (Å²) in [5.41, 5.74) is 44.0. The summed E-state index contributed by atoms with van der Waals surface area (Å²) in [7, 11) is 0. The number of rotatable bonds is 61. The van der Waals surface area contributed by atoms with E-state index in [1.165, 1.54) is 374 Å². The molecule has 754 valence electrons. The fraction of sp³-hybridized carbons (Fsp3) is 0.712. The van der Waals surface area contributed by atoms with Crippen LogP contribution >= 0.6 is 0 Å². The lowest BCUT2D eigenvalue weighted by Gasteiger charge is -2.44. The molecular formula is C125H210N4O4. The van der Waals surface area contributed by atoms with E-state index in [2.05, 4.69) is 223 Å². The zero-order chi connectivity index (χ0) is 96.7. The molecule has 4 aliphatic rings. The molecule has 0 bridgehead atoms. The van der Waals surface area contributed by atoms with Crippen LogP contribution < -0.4 is 22.9 Å². The van der Waals surface area contributed by atoms with Crippen LogP contribution in [0.25, 0.3) is 0 Å². The fourth-order valence-electron chi connectivity index (χ4n) is 21.0. The minimum atomic E-state index is -0.419. The number of aliphatic hydroxyl groups is 4. The Morgan fingerprint density at radius 3 is 1.02 bits per heavy atom. The van der Waals surface area contributed by atoms with Crippen LogP contribution in [0, 0.1) is 22.7 Å². The largest absolute Gasteiger partial charge is 0.396 e. The summed E-state index contributed by atoms with van der Waals surface area (Å²) in [6.07, 6.45) is 78.4. The third-order valence-corrected chi connectivity index (χ3v) is 32.1. The Kier molecular flexibility index (Phi) is 61.4. The van der Waals surface area contributed by atoms with Crippen LogP contribution in [0.4, 0.5) is 0 Å². The molecule has 0 heterocycles. The number of hydrogen-bond acceptors (Lipinski definition) is 8. The van der Waals surface area contributed by atoms with Crippen molar-refractivity contribution in [2.24, 2.45) is 45.6 Å². The van der Waals surface area contributed by atoms with E-state index in [0.29, 0.717) is 36.9 Å². The average Bonchev–Trinajstić information content (AvgIpc) is 1.61. The second-order valence-corrected chi connectivity index (χ2v) is 44.1. The van der Waals surface area contributed by atoms with Crippen LogP contribution in [0.2, 0.25) is 0 Å². The zero-order valence-corrected chi connectivity index (χ0v) is 88.9. The van der Waals surface area contributed by atoms with Crippen molar-refractivity contribution in [3.63, 3.8) is 0 Å². The molecule has 0 amide bonds. The van der Waals surface area contributed by atoms with Crippen LogP contribution in [-0.2, 0) is 70.6 Å². The second kappa shape index (κ2) is 69.0. The minimum Gasteiger partial charge on any atom is -0.396 e. The van der Waals surface area contributed by atoms with Crippen LogP contribution in [0.1, 0.15) is 502 Å². The van der Waals surface area contributed by atoms with E-state index in [9.17, 15) is 20.4 Å². The lowest BCUT2D eigenvalue weighted by Crippen LogP contribution is -2.51. The number of hydrogen-bond donors (Lipinski definition) is 8. The van der Waals surface area contributed by atoms with Crippen molar-refractivity contribution in [1.29, 1.82) is 0 Å². The van der Waals surface area contributed by atoms with E-state index in [4.69, 9.17) is 22.9 Å². The Morgan fingerprint density at radius 1 is 0.331 bits per heavy atom. The summed E-state index contributed by atoms with van der Waals surface area (Å²) in [4.78, 5) is 0. The Bertz CT molecular complexity index is 3760. The van der Waals surface area contributed by atoms with Crippen molar-refractivity contribution in [2.45, 2.75) is 522 Å². The molecule has 7 unspecified atom stereocenters. The molecule has 3 saturated carbocycles. The van der Waals surface area contributed by atoms with Gasteiger partial charge in [0.25, 0.3) is 0 Å². The number of aliphatic hydroxyl groups excluding tert-OH is 4. The first kappa shape index (κ1) is 118. The molecule has 0 aliphatic heterocycles. The summed E-state index contributed by atoms with van der Waals surface area (Å²) in [5.74, 6) is 2.41. The van der Waals surface area contributed by atoms with Crippen LogP contribution in [0.5, 0.6) is 0 Å². The molecule has 6 aromatic rings. The van der Waals surface area contributed by atoms with E-state index in [1.807, 2.05) is 6.92 Å². The number of aryl methyl sites for hydroxylation is 9. The maximum atomic E-state index is 9.68. The highest BCUT2D eigenvalue weighted by Gasteiger charge is 2.41. The predicted molar refractivity (Wildman–Crippen MR) is 582 cm³/mol. The Morgan fingerprint density at radius 2 is 0.669 bits per heavy atom. The van der Waals surface area contributed by atoms with Gasteiger partial charge in [-0.15, -0.1) is 0 Å². The van der Waals surface area contributed by atoms with E-state index in [-0.39, 0.29) is 35.1 Å². The SMILES string of the molecule is CCCCCCCCc1ccc(C2CC(C)(CO)C2)cc1.CCCCCCCCc1ccc(C2CCC(C)(CO)C2)cc1.CCCCCCCCc1ccc(CC2CCCC2(N)CC)cc1.CCCCCCCCc1ccc(CCC(N)(CC)CO)cc1.CCCCCCCCc1ccc(CC[C@](C)(N)CC)cc1.CCCCCCCCc1ccc2c(c1)CCC(C(N)(CC)CO)C2. The summed E-state index contributed by atoms with van der Waals surface area (Å²) < 4.78 is 0. The molecule has 6 aromatic carbocycles. The normalized spacial score (nSPS) is 20.3. The van der Waals surface area contributed by atoms with Gasteiger partial charge >= 0.3 is 0 Å². The fourth-order valence-corrected chi connectivity index (χ4v) is 21.0. The molecule has 3 fully saturated rings. The maximum Gasteiger partial charge on any atom is 0.0613 e. The minimum absolute atomic E-state index is 0.0167. The van der Waals surface area contributed by atoms with Gasteiger partial charge in [0.1, 0.15) is 0 Å². The van der Waals surface area contributed by atoms with Gasteiger partial charge in [0.2, 0.25) is 0 Å². The first-order chi connectivity index (χ1) is 64.3. The van der Waals surface area contributed by atoms with Crippen molar-refractivity contribution in [1.82, 2.24) is 0 Å². The molecular weight excluding hydrogens is 1620 g/mol. The van der Waals surface area contributed by atoms with Crippen molar-refractivity contribution < 1.29 is 20.4 Å². The molecule has 0 radical (unpaired) electrons. The van der Waals surface area contributed by atoms with Gasteiger partial charge in [0.15, 0.2) is 0 Å². The lowest BCUT2D eigenvalue weighted by atomic mass is 9.61. The van der Waals surface area contributed by atoms with Crippen LogP contribution in [0.15, 0.2) is 140 Å². The van der Waals surface area contributed by atoms with Crippen molar-refractivity contribution in [2.75, 3.05) is 26.4 Å². The molecule has 10 rings (SSSR count). The number of fused-ring (bicyclic) bond motifs is 1. The smallest absolute Gasteiger partial charge is 0.0613 e. The Labute approximate surface area is 821 Å². The third-order valence-electron chi connectivity index (χ3n) is 32.1. The Hall–Kier alpha value is -5.00. The van der Waals surface area contributed by atoms with Gasteiger partial charge in [-0.05, 0) is 313 Å². The summed E-state index contributed by atoms with van der Waals surface area (Å²) >= 11 is 0. The summed E-state index contributed by atoms with van der Waals surface area (Å²) in [6.45, 7) is 29.6. The van der Waals surface area contributed by atoms with E-state index in [1.54, 1.807) is 0 Å². The predicted octanol–water partition coefficient (Wildman–Crippen LogP) is 32.4. The van der Waals surface area contributed by atoms with Gasteiger partial charge in [0, 0.05) is 35.4 Å². The highest BCUT2D eigenvalue weighted by atomic mass is 16.3. The van der Waals surface area contributed by atoms with Crippen LogP contribution in [-0.4, -0.2) is 69.0 Å². The second-order valence-electron chi connectivity index (χ2n) is 44.1. The summed E-state index contributed by atoms with van der Waals surface area (Å²) in [6, 6.07) is 53.2. The average molecular weight is 1830 g/mol. The third kappa shape index (κ3) is 48.2. The number of nitrogens with two attached hydrogens (primary N) is 4. The highest BCUT2D eigenvalue weighted by Crippen LogP contribution is 2.51. The van der Waals surface area contributed by atoms with E-state index < -0.39 is 11.1 Å². The molecule has 8 heteroatoms. The Balaban J connectivity index is 0.000000282. The van der Waals surface area contributed by atoms with Crippen molar-refractivity contribution in [3.05, 3.63) is 212 Å². The first-order valence-electron chi connectivity index (χ1n) is 56.4. The van der Waals surface area contributed by atoms with E-state index >= 15 is 0 Å². The molecule has 0 saturated heterocycles. The number of unbranched alkanes of at least 4 members (excludes halogenated alkanes) is 30. The molecule has 133 heavy (non-hydrogen) atoms. The van der Waals surface area contributed by atoms with Gasteiger partial charge in [-0.2, -0.15) is 0 Å². The molecule has 8 nitrogen and oxygen atoms in total. The molecule has 0 spiro atoms. The van der Waals surface area contributed by atoms with Gasteiger partial charge in [-0.25, -0.2) is 0 Å². The summed E-state index contributed by atoms with van der Waals surface area (Å²) in [5, 5.41) is 37.9. The number of benzene rings is 6. The lowest BCUT2D eigenvalue weighted by molar-refractivity contribution is 0.0434. The molecule has 0 aromatic heterocycles. The standard InChI is InChI=1S/C22H37NO.C22H37N.C21H34O.C20H35NO.C20H35N.C20H32O/c1-3-5-6-7-8-9-10-18-11-12-20-16-21(14-13-19(20)15-18)22(23,4-2)17-24;1-3-5-6-7-8-9-11-19-13-15-20(16-14-19)18-21-12-10-17-22(21,23)4-2;1-3-4-5-6-7-8-9-18-10-12-19(13-11-18)20-14-15-21(2,16-20)17-22;1-3-5-6-7-8-9-10-18-11-13-19(14-12-18)15-16-20(21,4-2)17-22;1-4-6-7-8-9-10-11-18-12-14-19(15-13-18)16-17-20(3,21)5-2;1-3-4-5-6-7-8-9-17-10-12-18(13-11-17)19-14-20(2,15-19)16-21/h11-12,15,21,24H,3-10,13-14,16-17,23H2,1-2H3;13-16,21H,3-12,17-18,23H2,1-2H3;10-13,20,22H,3-9,14-17H2,1-2H3;11-14,22H,3-10,15-17,21H2,1-2H3;12-15H,4-11,16-17,21H2,1-3H3;10-13,19,21H,3-9,14-16H2,1-2H3/t;;;;20-;/m....1./s1. The first-order valence-corrected chi connectivity index (χ1v) is 56.4. The highest BCUT2D eigenvalue weighted by molar-refractivity contribution is 5.36. The quantitative estimate of drug-likeness (QED) is 0.0173. The van der Waals surface area contributed by atoms with Crippen LogP contribution in [0.3, 0.4) is 0 Å². The van der Waals surface area contributed by atoms with Gasteiger partial charge in [0.05, 0.1) is 13.2 Å². The maximum absolute atomic E-state index is 9.68. The monoisotopic (exact) mass is 1830 g/mol. The molecule has 8 atom stereocenters. The zero-order valence-electron chi connectivity index (χ0n) is 88.9. The van der Waals surface area contributed by atoms with Gasteiger partial charge in [-0.3, -0.25) is 0 Å². The van der Waals surface area contributed by atoms with Gasteiger partial charge in [-0.1, -0.05) is 422 Å². The van der Waals surface area contributed by atoms with Gasteiger partial charge < -0.3 is 43.4 Å². The van der Waals surface area contributed by atoms with Crippen molar-refractivity contribution >= 4 is 0 Å². The molecule has 4 aliphatic carbocycles. The molecule has 12 N–H and O–H groups in total. The topological polar surface area (TPSA) is 185 Å².